The van der Waals surface area contributed by atoms with Gasteiger partial charge in [0.1, 0.15) is 6.61 Å². The van der Waals surface area contributed by atoms with E-state index in [0.29, 0.717) is 11.9 Å². The van der Waals surface area contributed by atoms with Gasteiger partial charge in [-0.2, -0.15) is 5.10 Å². The Hall–Kier alpha value is -0.580. The molecule has 0 unspecified atom stereocenters. The number of hydrogen-bond acceptors (Lipinski definition) is 4. The summed E-state index contributed by atoms with van der Waals surface area (Å²) in [5, 5.41) is 7.63. The van der Waals surface area contributed by atoms with E-state index < -0.39 is 0 Å². The van der Waals surface area contributed by atoms with Crippen LogP contribution in [0.25, 0.3) is 0 Å². The lowest BCUT2D eigenvalue weighted by Gasteiger charge is -2.18. The maximum atomic E-state index is 5.55. The van der Waals surface area contributed by atoms with E-state index in [1.165, 1.54) is 19.4 Å². The van der Waals surface area contributed by atoms with Gasteiger partial charge in [0.05, 0.1) is 0 Å². The molecular weight excluding hydrogens is 249 g/mol. The summed E-state index contributed by atoms with van der Waals surface area (Å²) in [6.07, 6.45) is 4.14. The Morgan fingerprint density at radius 2 is 2.31 bits per heavy atom. The molecule has 2 rings (SSSR count). The Labute approximate surface area is 108 Å². The molecule has 0 amide bonds. The van der Waals surface area contributed by atoms with Gasteiger partial charge in [0.15, 0.2) is 0 Å². The van der Waals surface area contributed by atoms with Gasteiger partial charge < -0.3 is 9.64 Å². The largest absolute Gasteiger partial charge is 0.475 e. The molecule has 4 nitrogen and oxygen atoms in total. The number of hydrogen-bond donors (Lipinski definition) is 0. The van der Waals surface area contributed by atoms with Crippen molar-refractivity contribution in [1.82, 2.24) is 15.1 Å². The predicted molar refractivity (Wildman–Crippen MR) is 67.7 cm³/mol. The van der Waals surface area contributed by atoms with Crippen LogP contribution in [0.3, 0.4) is 0 Å². The highest BCUT2D eigenvalue weighted by molar-refractivity contribution is 5.85. The summed E-state index contributed by atoms with van der Waals surface area (Å²) in [5.74, 6) is 0.618. The Bertz CT molecular complexity index is 287. The van der Waals surface area contributed by atoms with Crippen LogP contribution < -0.4 is 4.74 Å². The highest BCUT2D eigenvalue weighted by atomic mass is 35.5. The number of ether oxygens (including phenoxy) is 1. The second-order valence-corrected chi connectivity index (χ2v) is 3.65. The molecule has 1 saturated heterocycles. The highest BCUT2D eigenvalue weighted by Crippen LogP contribution is 2.15. The molecule has 1 aliphatic rings. The summed E-state index contributed by atoms with van der Waals surface area (Å²) in [6, 6.07) is 4.21. The predicted octanol–water partition coefficient (Wildman–Crippen LogP) is 1.79. The molecule has 1 aromatic rings. The fourth-order valence-corrected chi connectivity index (χ4v) is 1.74. The molecule has 0 aromatic carbocycles. The van der Waals surface area contributed by atoms with E-state index in [0.717, 1.165) is 6.61 Å². The normalized spacial score (nSPS) is 19.7. The fraction of sp³-hybridized carbons (Fsp3) is 0.600. The number of rotatable bonds is 3. The smallest absolute Gasteiger partial charge is 0.233 e. The number of likely N-dealkylation sites (N-methyl/N-ethyl adjacent to an activating group) is 1. The van der Waals surface area contributed by atoms with Crippen LogP contribution in [0.2, 0.25) is 0 Å². The van der Waals surface area contributed by atoms with Crippen molar-refractivity contribution in [2.75, 3.05) is 20.2 Å². The lowest BCUT2D eigenvalue weighted by atomic mass is 10.2. The fourth-order valence-electron chi connectivity index (χ4n) is 1.74. The van der Waals surface area contributed by atoms with Crippen molar-refractivity contribution in [3.05, 3.63) is 18.3 Å². The molecule has 0 saturated carbocycles. The van der Waals surface area contributed by atoms with Crippen molar-refractivity contribution in [2.45, 2.75) is 18.9 Å². The topological polar surface area (TPSA) is 38.2 Å². The van der Waals surface area contributed by atoms with Crippen molar-refractivity contribution < 1.29 is 4.74 Å². The first-order valence-corrected chi connectivity index (χ1v) is 4.97. The lowest BCUT2D eigenvalue weighted by molar-refractivity contribution is 0.192. The SMILES string of the molecule is CN1CCC[C@H]1COc1cccnn1.Cl.Cl. The zero-order chi connectivity index (χ0) is 9.80. The van der Waals surface area contributed by atoms with Gasteiger partial charge >= 0.3 is 0 Å². The lowest BCUT2D eigenvalue weighted by Crippen LogP contribution is -2.30. The van der Waals surface area contributed by atoms with Crippen molar-refractivity contribution >= 4 is 24.8 Å². The van der Waals surface area contributed by atoms with E-state index in [9.17, 15) is 0 Å². The molecule has 2 heterocycles. The van der Waals surface area contributed by atoms with Gasteiger partial charge in [0, 0.05) is 18.3 Å². The first-order chi connectivity index (χ1) is 6.86. The van der Waals surface area contributed by atoms with Crippen LogP contribution >= 0.6 is 24.8 Å². The van der Waals surface area contributed by atoms with Gasteiger partial charge in [-0.25, -0.2) is 0 Å². The molecule has 1 atom stereocenters. The van der Waals surface area contributed by atoms with Crippen LogP contribution in [0, 0.1) is 0 Å². The molecule has 1 aliphatic heterocycles. The zero-order valence-electron chi connectivity index (χ0n) is 9.20. The first kappa shape index (κ1) is 15.4. The Morgan fingerprint density at radius 3 is 2.88 bits per heavy atom. The summed E-state index contributed by atoms with van der Waals surface area (Å²) in [6.45, 7) is 1.89. The van der Waals surface area contributed by atoms with Gasteiger partial charge in [0.25, 0.3) is 0 Å². The van der Waals surface area contributed by atoms with E-state index in [1.807, 2.05) is 12.1 Å². The maximum Gasteiger partial charge on any atom is 0.233 e. The molecule has 6 heteroatoms. The summed E-state index contributed by atoms with van der Waals surface area (Å²) in [5.41, 5.74) is 0. The molecule has 1 aromatic heterocycles. The average Bonchev–Trinajstić information content (AvgIpc) is 2.63. The second-order valence-electron chi connectivity index (χ2n) is 3.65. The van der Waals surface area contributed by atoms with E-state index in [4.69, 9.17) is 4.74 Å². The first-order valence-electron chi connectivity index (χ1n) is 4.97. The van der Waals surface area contributed by atoms with E-state index >= 15 is 0 Å². The van der Waals surface area contributed by atoms with Crippen molar-refractivity contribution in [3.8, 4) is 5.88 Å². The van der Waals surface area contributed by atoms with Gasteiger partial charge in [-0.1, -0.05) is 0 Å². The van der Waals surface area contributed by atoms with Gasteiger partial charge in [0.2, 0.25) is 5.88 Å². The standard InChI is InChI=1S/C10H15N3O.2ClH/c1-13-7-3-4-9(13)8-14-10-5-2-6-11-12-10;;/h2,5-6,9H,3-4,7-8H2,1H3;2*1H/t9-;;/m0../s1. The highest BCUT2D eigenvalue weighted by Gasteiger charge is 2.21. The van der Waals surface area contributed by atoms with Crippen LogP contribution in [-0.4, -0.2) is 41.3 Å². The third kappa shape index (κ3) is 4.12. The van der Waals surface area contributed by atoms with Crippen LogP contribution in [-0.2, 0) is 0 Å². The molecular formula is C10H17Cl2N3O. The molecule has 16 heavy (non-hydrogen) atoms. The molecule has 1 fully saturated rings. The third-order valence-electron chi connectivity index (χ3n) is 2.64. The van der Waals surface area contributed by atoms with Crippen molar-refractivity contribution in [3.63, 3.8) is 0 Å². The number of nitrogens with zero attached hydrogens (tertiary/aromatic N) is 3. The van der Waals surface area contributed by atoms with Crippen molar-refractivity contribution in [2.24, 2.45) is 0 Å². The minimum atomic E-state index is 0. The minimum absolute atomic E-state index is 0. The van der Waals surface area contributed by atoms with E-state index in [1.54, 1.807) is 6.20 Å². The molecule has 0 bridgehead atoms. The van der Waals surface area contributed by atoms with Gasteiger partial charge in [-0.05, 0) is 32.5 Å². The molecule has 92 valence electrons. The maximum absolute atomic E-state index is 5.55. The Morgan fingerprint density at radius 1 is 1.50 bits per heavy atom. The number of halogens is 2. The third-order valence-corrected chi connectivity index (χ3v) is 2.64. The van der Waals surface area contributed by atoms with Gasteiger partial charge in [-0.3, -0.25) is 0 Å². The minimum Gasteiger partial charge on any atom is -0.475 e. The summed E-state index contributed by atoms with van der Waals surface area (Å²) < 4.78 is 5.55. The summed E-state index contributed by atoms with van der Waals surface area (Å²) >= 11 is 0. The summed E-state index contributed by atoms with van der Waals surface area (Å²) in [7, 11) is 2.14. The molecule has 0 aliphatic carbocycles. The van der Waals surface area contributed by atoms with Crippen LogP contribution in [0.1, 0.15) is 12.8 Å². The van der Waals surface area contributed by atoms with E-state index in [-0.39, 0.29) is 24.8 Å². The van der Waals surface area contributed by atoms with Gasteiger partial charge in [-0.15, -0.1) is 29.9 Å². The summed E-state index contributed by atoms with van der Waals surface area (Å²) in [4.78, 5) is 2.33. The molecule has 0 radical (unpaired) electrons. The van der Waals surface area contributed by atoms with Crippen LogP contribution in [0.15, 0.2) is 18.3 Å². The Kier molecular flexibility index (Phi) is 7.38. The monoisotopic (exact) mass is 265 g/mol. The van der Waals surface area contributed by atoms with Crippen LogP contribution in [0.4, 0.5) is 0 Å². The Balaban J connectivity index is 0.00000112. The van der Waals surface area contributed by atoms with Crippen LogP contribution in [0.5, 0.6) is 5.88 Å². The average molecular weight is 266 g/mol. The molecule has 0 spiro atoms. The quantitative estimate of drug-likeness (QED) is 0.836. The second kappa shape index (κ2) is 7.65. The van der Waals surface area contributed by atoms with E-state index in [2.05, 4.69) is 22.1 Å². The number of aromatic nitrogens is 2. The van der Waals surface area contributed by atoms with Crippen molar-refractivity contribution in [1.29, 1.82) is 0 Å². The molecule has 0 N–H and O–H groups in total. The number of likely N-dealkylation sites (tertiary alicyclic amines) is 1. The zero-order valence-corrected chi connectivity index (χ0v) is 10.8.